The molecule has 1 atom stereocenters. The molecular formula is C14H16F3N3O4S. The first-order valence-corrected chi connectivity index (χ1v) is 8.26. The van der Waals surface area contributed by atoms with E-state index in [9.17, 15) is 27.6 Å². The standard InChI is InChI=1S/C14H16F3N3O4S/c1-19(12(22)10-11(14(15,16)17)25-7-18-10)6-9(21)20-4-2-3-8(5-20)13(23)24/h7-8H,2-6H2,1H3,(H,23,24). The fraction of sp³-hybridized carbons (Fsp3) is 0.571. The quantitative estimate of drug-likeness (QED) is 0.857. The van der Waals surface area contributed by atoms with Crippen LogP contribution < -0.4 is 0 Å². The molecule has 138 valence electrons. The molecule has 1 saturated heterocycles. The van der Waals surface area contributed by atoms with Crippen molar-refractivity contribution in [3.8, 4) is 0 Å². The van der Waals surface area contributed by atoms with Crippen LogP contribution in [0.5, 0.6) is 0 Å². The van der Waals surface area contributed by atoms with Crippen molar-refractivity contribution in [2.45, 2.75) is 19.0 Å². The number of hydrogen-bond acceptors (Lipinski definition) is 5. The van der Waals surface area contributed by atoms with Crippen molar-refractivity contribution in [1.29, 1.82) is 0 Å². The Morgan fingerprint density at radius 1 is 1.44 bits per heavy atom. The van der Waals surface area contributed by atoms with Gasteiger partial charge in [-0.3, -0.25) is 14.4 Å². The van der Waals surface area contributed by atoms with Crippen LogP contribution in [0.1, 0.15) is 28.2 Å². The lowest BCUT2D eigenvalue weighted by molar-refractivity contribution is -0.145. The number of hydrogen-bond donors (Lipinski definition) is 1. The minimum absolute atomic E-state index is 0.0285. The minimum Gasteiger partial charge on any atom is -0.481 e. The fourth-order valence-corrected chi connectivity index (χ4v) is 3.21. The number of carboxylic acid groups (broad SMARTS) is 1. The smallest absolute Gasteiger partial charge is 0.427 e. The maximum Gasteiger partial charge on any atom is 0.427 e. The summed E-state index contributed by atoms with van der Waals surface area (Å²) in [5.41, 5.74) is 0.184. The number of likely N-dealkylation sites (N-methyl/N-ethyl adjacent to an activating group) is 1. The highest BCUT2D eigenvalue weighted by atomic mass is 32.1. The predicted octanol–water partition coefficient (Wildman–Crippen LogP) is 1.56. The number of carbonyl (C=O) groups is 3. The highest BCUT2D eigenvalue weighted by Crippen LogP contribution is 2.35. The second-order valence-electron chi connectivity index (χ2n) is 5.71. The van der Waals surface area contributed by atoms with E-state index in [1.54, 1.807) is 0 Å². The molecule has 1 N–H and O–H groups in total. The second kappa shape index (κ2) is 7.38. The third kappa shape index (κ3) is 4.47. The molecule has 1 aromatic rings. The van der Waals surface area contributed by atoms with Gasteiger partial charge in [0, 0.05) is 20.1 Å². The van der Waals surface area contributed by atoms with Crippen LogP contribution in [0.3, 0.4) is 0 Å². The first kappa shape index (κ1) is 19.2. The van der Waals surface area contributed by atoms with E-state index in [4.69, 9.17) is 5.11 Å². The van der Waals surface area contributed by atoms with E-state index in [1.165, 1.54) is 11.9 Å². The Bertz CT molecular complexity index is 677. The molecule has 1 aliphatic heterocycles. The van der Waals surface area contributed by atoms with Gasteiger partial charge in [-0.2, -0.15) is 13.2 Å². The molecule has 11 heteroatoms. The molecule has 25 heavy (non-hydrogen) atoms. The average Bonchev–Trinajstić information content (AvgIpc) is 3.04. The Kier molecular flexibility index (Phi) is 5.65. The van der Waals surface area contributed by atoms with Gasteiger partial charge in [-0.25, -0.2) is 4.98 Å². The van der Waals surface area contributed by atoms with Gasteiger partial charge in [-0.15, -0.1) is 11.3 Å². The summed E-state index contributed by atoms with van der Waals surface area (Å²) >= 11 is 0.308. The number of amides is 2. The van der Waals surface area contributed by atoms with E-state index in [2.05, 4.69) is 4.98 Å². The molecule has 7 nitrogen and oxygen atoms in total. The fourth-order valence-electron chi connectivity index (χ4n) is 2.56. The number of aromatic nitrogens is 1. The van der Waals surface area contributed by atoms with Crippen LogP contribution in [-0.4, -0.2) is 64.4 Å². The summed E-state index contributed by atoms with van der Waals surface area (Å²) in [6.45, 7) is -0.0597. The van der Waals surface area contributed by atoms with Crippen LogP contribution in [-0.2, 0) is 15.8 Å². The molecule has 0 bridgehead atoms. The molecule has 0 aromatic carbocycles. The zero-order chi connectivity index (χ0) is 18.8. The molecule has 1 aliphatic rings. The van der Waals surface area contributed by atoms with E-state index in [0.29, 0.717) is 30.7 Å². The third-order valence-corrected chi connectivity index (χ3v) is 4.74. The number of thiazole rings is 1. The van der Waals surface area contributed by atoms with Crippen molar-refractivity contribution >= 4 is 29.1 Å². The number of carbonyl (C=O) groups excluding carboxylic acids is 2. The van der Waals surface area contributed by atoms with E-state index >= 15 is 0 Å². The molecule has 0 spiro atoms. The van der Waals surface area contributed by atoms with Crippen molar-refractivity contribution in [3.05, 3.63) is 16.1 Å². The lowest BCUT2D eigenvalue weighted by atomic mass is 9.98. The maximum absolute atomic E-state index is 12.8. The number of likely N-dealkylation sites (tertiary alicyclic amines) is 1. The largest absolute Gasteiger partial charge is 0.481 e. The monoisotopic (exact) mass is 379 g/mol. The zero-order valence-electron chi connectivity index (χ0n) is 13.2. The molecule has 2 rings (SSSR count). The highest BCUT2D eigenvalue weighted by molar-refractivity contribution is 7.10. The Morgan fingerprint density at radius 3 is 2.72 bits per heavy atom. The van der Waals surface area contributed by atoms with Gasteiger partial charge >= 0.3 is 12.1 Å². The summed E-state index contributed by atoms with van der Waals surface area (Å²) in [6.07, 6.45) is -3.72. The number of nitrogens with zero attached hydrogens (tertiary/aromatic N) is 3. The molecule has 0 saturated carbocycles. The Morgan fingerprint density at radius 2 is 2.12 bits per heavy atom. The summed E-state index contributed by atoms with van der Waals surface area (Å²) in [4.78, 5) is 40.0. The number of carboxylic acids is 1. The molecule has 1 unspecified atom stereocenters. The Balaban J connectivity index is 2.03. The van der Waals surface area contributed by atoms with Gasteiger partial charge in [0.05, 0.1) is 18.0 Å². The van der Waals surface area contributed by atoms with Crippen LogP contribution in [0.25, 0.3) is 0 Å². The van der Waals surface area contributed by atoms with Crippen LogP contribution >= 0.6 is 11.3 Å². The Hall–Kier alpha value is -2.17. The number of aliphatic carboxylic acids is 1. The van der Waals surface area contributed by atoms with Gasteiger partial charge in [-0.1, -0.05) is 0 Å². The first-order chi connectivity index (χ1) is 11.6. The minimum atomic E-state index is -4.70. The van der Waals surface area contributed by atoms with Crippen LogP contribution in [0.15, 0.2) is 5.51 Å². The highest BCUT2D eigenvalue weighted by Gasteiger charge is 2.39. The van der Waals surface area contributed by atoms with Gasteiger partial charge in [0.2, 0.25) is 5.91 Å². The van der Waals surface area contributed by atoms with Crippen LogP contribution in [0.4, 0.5) is 13.2 Å². The number of rotatable bonds is 4. The summed E-state index contributed by atoms with van der Waals surface area (Å²) < 4.78 is 38.5. The van der Waals surface area contributed by atoms with E-state index in [1.807, 2.05) is 0 Å². The third-order valence-electron chi connectivity index (χ3n) is 3.87. The van der Waals surface area contributed by atoms with E-state index in [-0.39, 0.29) is 6.54 Å². The normalized spacial score (nSPS) is 18.1. The van der Waals surface area contributed by atoms with Crippen molar-refractivity contribution in [2.24, 2.45) is 5.92 Å². The molecule has 0 radical (unpaired) electrons. The molecule has 1 fully saturated rings. The number of alkyl halides is 3. The summed E-state index contributed by atoms with van der Waals surface area (Å²) in [5.74, 6) is -3.19. The molecule has 2 heterocycles. The predicted molar refractivity (Wildman–Crippen MR) is 81.0 cm³/mol. The van der Waals surface area contributed by atoms with Crippen molar-refractivity contribution < 1.29 is 32.7 Å². The van der Waals surface area contributed by atoms with Gasteiger partial charge in [0.1, 0.15) is 4.88 Å². The van der Waals surface area contributed by atoms with Gasteiger partial charge in [0.25, 0.3) is 5.91 Å². The van der Waals surface area contributed by atoms with Gasteiger partial charge < -0.3 is 14.9 Å². The average molecular weight is 379 g/mol. The topological polar surface area (TPSA) is 90.8 Å². The first-order valence-electron chi connectivity index (χ1n) is 7.38. The molecule has 1 aromatic heterocycles. The van der Waals surface area contributed by atoms with Gasteiger partial charge in [-0.05, 0) is 12.8 Å². The van der Waals surface area contributed by atoms with E-state index in [0.717, 1.165) is 10.4 Å². The van der Waals surface area contributed by atoms with Crippen molar-refractivity contribution in [1.82, 2.24) is 14.8 Å². The second-order valence-corrected chi connectivity index (χ2v) is 6.56. The summed E-state index contributed by atoms with van der Waals surface area (Å²) in [7, 11) is 1.21. The molecule has 0 aliphatic carbocycles. The lowest BCUT2D eigenvalue weighted by Crippen LogP contribution is -2.47. The van der Waals surface area contributed by atoms with Crippen molar-refractivity contribution in [2.75, 3.05) is 26.7 Å². The zero-order valence-corrected chi connectivity index (χ0v) is 14.1. The number of piperidine rings is 1. The SMILES string of the molecule is CN(CC(=O)N1CCCC(C(=O)O)C1)C(=O)c1ncsc1C(F)(F)F. The molecular weight excluding hydrogens is 363 g/mol. The van der Waals surface area contributed by atoms with Crippen LogP contribution in [0.2, 0.25) is 0 Å². The van der Waals surface area contributed by atoms with Crippen LogP contribution in [0, 0.1) is 5.92 Å². The van der Waals surface area contributed by atoms with E-state index < -0.39 is 47.0 Å². The lowest BCUT2D eigenvalue weighted by Gasteiger charge is -2.32. The van der Waals surface area contributed by atoms with Gasteiger partial charge in [0.15, 0.2) is 5.69 Å². The Labute approximate surface area is 145 Å². The molecule has 2 amide bonds. The van der Waals surface area contributed by atoms with Crippen molar-refractivity contribution in [3.63, 3.8) is 0 Å². The number of halogens is 3. The summed E-state index contributed by atoms with van der Waals surface area (Å²) in [6, 6.07) is 0. The summed E-state index contributed by atoms with van der Waals surface area (Å²) in [5, 5.41) is 9.02. The maximum atomic E-state index is 12.8.